The van der Waals surface area contributed by atoms with Crippen molar-refractivity contribution in [3.05, 3.63) is 37.0 Å². The number of hydrogen-bond donors (Lipinski definition) is 0. The first-order chi connectivity index (χ1) is 14.1. The quantitative estimate of drug-likeness (QED) is 0.398. The maximum absolute atomic E-state index is 4.92. The SMILES string of the molecule is CC(C)(C)c1cc2c(s1)CC1CCC2C1.CC(C)(C)c1nc2c(s1)C1CCC2CC1. The van der Waals surface area contributed by atoms with E-state index >= 15 is 0 Å². The summed E-state index contributed by atoms with van der Waals surface area (Å²) in [4.78, 5) is 9.88. The maximum atomic E-state index is 4.92. The van der Waals surface area contributed by atoms with Crippen molar-refractivity contribution in [1.29, 1.82) is 0 Å². The molecule has 164 valence electrons. The largest absolute Gasteiger partial charge is 0.245 e. The highest BCUT2D eigenvalue weighted by Crippen LogP contribution is 2.52. The second kappa shape index (κ2) is 7.44. The van der Waals surface area contributed by atoms with Gasteiger partial charge in [-0.1, -0.05) is 41.5 Å². The van der Waals surface area contributed by atoms with Crippen LogP contribution in [0.3, 0.4) is 0 Å². The molecular formula is C27H39NS2. The van der Waals surface area contributed by atoms with Crippen molar-refractivity contribution in [3.63, 3.8) is 0 Å². The van der Waals surface area contributed by atoms with Gasteiger partial charge in [0.15, 0.2) is 0 Å². The van der Waals surface area contributed by atoms with E-state index in [4.69, 9.17) is 4.98 Å². The Labute approximate surface area is 191 Å². The van der Waals surface area contributed by atoms with Gasteiger partial charge in [-0.25, -0.2) is 4.98 Å². The van der Waals surface area contributed by atoms with Crippen LogP contribution >= 0.6 is 22.7 Å². The highest BCUT2D eigenvalue weighted by Gasteiger charge is 2.37. The van der Waals surface area contributed by atoms with Crippen LogP contribution in [-0.2, 0) is 17.3 Å². The first kappa shape index (κ1) is 21.2. The van der Waals surface area contributed by atoms with E-state index in [0.717, 1.165) is 23.7 Å². The van der Waals surface area contributed by atoms with Crippen LogP contribution in [0.1, 0.15) is 135 Å². The zero-order valence-electron chi connectivity index (χ0n) is 19.8. The number of aromatic nitrogens is 1. The fourth-order valence-corrected chi connectivity index (χ4v) is 8.80. The second-order valence-corrected chi connectivity index (χ2v) is 14.6. The van der Waals surface area contributed by atoms with Crippen LogP contribution in [0.25, 0.3) is 0 Å². The van der Waals surface area contributed by atoms with E-state index in [1.807, 2.05) is 11.3 Å². The molecule has 1 nitrogen and oxygen atoms in total. The number of rotatable bonds is 0. The third kappa shape index (κ3) is 3.83. The van der Waals surface area contributed by atoms with Crippen molar-refractivity contribution < 1.29 is 0 Å². The third-order valence-electron chi connectivity index (χ3n) is 7.84. The minimum atomic E-state index is 0.238. The van der Waals surface area contributed by atoms with Crippen LogP contribution in [0.2, 0.25) is 0 Å². The van der Waals surface area contributed by atoms with Crippen molar-refractivity contribution in [1.82, 2.24) is 4.98 Å². The van der Waals surface area contributed by atoms with Crippen LogP contribution in [0.4, 0.5) is 0 Å². The van der Waals surface area contributed by atoms with E-state index < -0.39 is 0 Å². The summed E-state index contributed by atoms with van der Waals surface area (Å²) in [7, 11) is 0. The van der Waals surface area contributed by atoms with Crippen molar-refractivity contribution in [2.75, 3.05) is 0 Å². The molecule has 0 amide bonds. The normalized spacial score (nSPS) is 29.3. The van der Waals surface area contributed by atoms with Gasteiger partial charge in [-0.15, -0.1) is 22.7 Å². The van der Waals surface area contributed by atoms with Gasteiger partial charge in [0.2, 0.25) is 0 Å². The Kier molecular flexibility index (Phi) is 5.26. The molecule has 0 radical (unpaired) electrons. The molecule has 5 aliphatic rings. The Morgan fingerprint density at radius 1 is 0.800 bits per heavy atom. The van der Waals surface area contributed by atoms with Gasteiger partial charge in [-0.05, 0) is 86.2 Å². The zero-order chi connectivity index (χ0) is 21.3. The summed E-state index contributed by atoms with van der Waals surface area (Å²) in [5.74, 6) is 3.61. The molecule has 0 aromatic carbocycles. The lowest BCUT2D eigenvalue weighted by Crippen LogP contribution is -2.20. The predicted octanol–water partition coefficient (Wildman–Crippen LogP) is 8.68. The Bertz CT molecular complexity index is 882. The average molecular weight is 442 g/mol. The molecule has 0 spiro atoms. The number of hydrogen-bond acceptors (Lipinski definition) is 3. The first-order valence-corrected chi connectivity index (χ1v) is 13.9. The number of nitrogens with zero attached hydrogens (tertiary/aromatic N) is 1. The highest BCUT2D eigenvalue weighted by molar-refractivity contribution is 7.12. The van der Waals surface area contributed by atoms with Gasteiger partial charge in [0, 0.05) is 26.0 Å². The monoisotopic (exact) mass is 441 g/mol. The Hall–Kier alpha value is -0.670. The Balaban J connectivity index is 0.000000128. The van der Waals surface area contributed by atoms with Crippen molar-refractivity contribution in [2.45, 2.75) is 121 Å². The number of thiophene rings is 1. The van der Waals surface area contributed by atoms with E-state index in [-0.39, 0.29) is 5.41 Å². The third-order valence-corrected chi connectivity index (χ3v) is 11.1. The standard InChI is InChI=1S/C14H20S.C13H19NS/c1-14(2,3)13-8-11-10-5-4-9(6-10)7-12(11)15-13;1-13(2,3)12-14-10-8-4-6-9(7-5-8)11(10)15-12/h8-10H,4-7H2,1-3H3;8-9H,4-7H2,1-3H3. The molecule has 2 heterocycles. The van der Waals surface area contributed by atoms with E-state index in [1.54, 1.807) is 20.2 Å². The van der Waals surface area contributed by atoms with Crippen LogP contribution in [0, 0.1) is 5.92 Å². The van der Waals surface area contributed by atoms with Gasteiger partial charge in [-0.2, -0.15) is 0 Å². The molecule has 0 aliphatic heterocycles. The summed E-state index contributed by atoms with van der Waals surface area (Å²) in [5.41, 5.74) is 3.79. The minimum Gasteiger partial charge on any atom is -0.245 e. The molecule has 3 heteroatoms. The molecule has 2 aromatic heterocycles. The molecule has 2 unspecified atom stereocenters. The smallest absolute Gasteiger partial charge is 0.0984 e. The van der Waals surface area contributed by atoms with Crippen LogP contribution in [0.15, 0.2) is 6.07 Å². The van der Waals surface area contributed by atoms with E-state index in [2.05, 4.69) is 58.9 Å². The molecule has 2 aromatic rings. The lowest BCUT2D eigenvalue weighted by molar-refractivity contribution is 0.357. The summed E-state index contributed by atoms with van der Waals surface area (Å²) < 4.78 is 0. The second-order valence-electron chi connectivity index (χ2n) is 12.4. The topological polar surface area (TPSA) is 12.9 Å². The molecule has 2 fully saturated rings. The lowest BCUT2D eigenvalue weighted by Gasteiger charge is -2.34. The van der Waals surface area contributed by atoms with Gasteiger partial charge < -0.3 is 0 Å². The summed E-state index contributed by atoms with van der Waals surface area (Å²) in [6.07, 6.45) is 11.4. The van der Waals surface area contributed by atoms with Crippen molar-refractivity contribution >= 4 is 22.7 Å². The molecule has 7 rings (SSSR count). The van der Waals surface area contributed by atoms with E-state index in [1.165, 1.54) is 62.1 Å². The Morgan fingerprint density at radius 2 is 1.47 bits per heavy atom. The van der Waals surface area contributed by atoms with Crippen LogP contribution in [-0.4, -0.2) is 4.98 Å². The predicted molar refractivity (Wildman–Crippen MR) is 132 cm³/mol. The summed E-state index contributed by atoms with van der Waals surface area (Å²) in [5, 5.41) is 1.35. The van der Waals surface area contributed by atoms with Gasteiger partial charge >= 0.3 is 0 Å². The molecule has 5 aliphatic carbocycles. The molecule has 0 saturated heterocycles. The molecule has 2 atom stereocenters. The molecule has 0 N–H and O–H groups in total. The highest BCUT2D eigenvalue weighted by atomic mass is 32.1. The molecular weight excluding hydrogens is 402 g/mol. The molecule has 30 heavy (non-hydrogen) atoms. The van der Waals surface area contributed by atoms with Crippen LogP contribution < -0.4 is 0 Å². The number of fused-ring (bicyclic) bond motifs is 6. The van der Waals surface area contributed by atoms with Gasteiger partial charge in [0.25, 0.3) is 0 Å². The zero-order valence-corrected chi connectivity index (χ0v) is 21.4. The number of thiazole rings is 1. The van der Waals surface area contributed by atoms with Crippen molar-refractivity contribution in [2.24, 2.45) is 5.92 Å². The average Bonchev–Trinajstić information content (AvgIpc) is 3.40. The first-order valence-electron chi connectivity index (χ1n) is 12.2. The van der Waals surface area contributed by atoms with Gasteiger partial charge in [0.05, 0.1) is 10.7 Å². The van der Waals surface area contributed by atoms with E-state index in [0.29, 0.717) is 5.41 Å². The van der Waals surface area contributed by atoms with Gasteiger partial charge in [0.1, 0.15) is 0 Å². The van der Waals surface area contributed by atoms with Crippen molar-refractivity contribution in [3.8, 4) is 0 Å². The molecule has 2 saturated carbocycles. The van der Waals surface area contributed by atoms with E-state index in [9.17, 15) is 0 Å². The maximum Gasteiger partial charge on any atom is 0.0984 e. The summed E-state index contributed by atoms with van der Waals surface area (Å²) >= 11 is 4.08. The fraction of sp³-hybridized carbons (Fsp3) is 0.741. The summed E-state index contributed by atoms with van der Waals surface area (Å²) in [6.45, 7) is 13.8. The minimum absolute atomic E-state index is 0.238. The lowest BCUT2D eigenvalue weighted by atomic mass is 9.73. The fourth-order valence-electron chi connectivity index (χ4n) is 6.00. The Morgan fingerprint density at radius 3 is 2.10 bits per heavy atom. The molecule has 4 bridgehead atoms. The van der Waals surface area contributed by atoms with Gasteiger partial charge in [-0.3, -0.25) is 0 Å². The van der Waals surface area contributed by atoms with Crippen LogP contribution in [0.5, 0.6) is 0 Å². The summed E-state index contributed by atoms with van der Waals surface area (Å²) in [6, 6.07) is 2.52.